The van der Waals surface area contributed by atoms with Crippen molar-refractivity contribution in [2.24, 2.45) is 34.5 Å². The first-order chi connectivity index (χ1) is 11.3. The summed E-state index contributed by atoms with van der Waals surface area (Å²) in [4.78, 5) is 0. The smallest absolute Gasteiger partial charge is 0.0596 e. The van der Waals surface area contributed by atoms with Crippen LogP contribution in [-0.2, 0) is 0 Å². The van der Waals surface area contributed by atoms with Crippen LogP contribution in [0, 0.1) is 34.5 Å². The lowest BCUT2D eigenvalue weighted by Gasteiger charge is -2.66. The molecule has 4 fully saturated rings. The number of rotatable bonds is 1. The summed E-state index contributed by atoms with van der Waals surface area (Å²) in [6.45, 7) is 4.91. The number of hydrogen-bond acceptors (Lipinski definition) is 3. The molecule has 4 heteroatoms. The maximum absolute atomic E-state index is 10.6. The van der Waals surface area contributed by atoms with E-state index in [-0.39, 0.29) is 34.0 Å². The highest BCUT2D eigenvalue weighted by Crippen LogP contribution is 2.70. The van der Waals surface area contributed by atoms with E-state index in [0.717, 1.165) is 51.4 Å². The van der Waals surface area contributed by atoms with Crippen LogP contribution in [0.1, 0.15) is 65.2 Å². The summed E-state index contributed by atoms with van der Waals surface area (Å²) in [5, 5.41) is 31.4. The van der Waals surface area contributed by atoms with Crippen LogP contribution >= 0.6 is 15.9 Å². The van der Waals surface area contributed by atoms with Crippen molar-refractivity contribution in [3.63, 3.8) is 0 Å². The lowest BCUT2D eigenvalue weighted by Crippen LogP contribution is -2.65. The molecular weight excluding hydrogens is 368 g/mol. The Balaban J connectivity index is 1.74. The molecule has 4 rings (SSSR count). The largest absolute Gasteiger partial charge is 0.396 e. The van der Waals surface area contributed by atoms with E-state index in [9.17, 15) is 15.3 Å². The molecule has 4 aliphatic rings. The number of halogens is 1. The Bertz CT molecular complexity index is 513. The fourth-order valence-corrected chi connectivity index (χ4v) is 9.22. The van der Waals surface area contributed by atoms with Gasteiger partial charge in [-0.25, -0.2) is 0 Å². The fraction of sp³-hybridized carbons (Fsp3) is 1.00. The molecule has 3 N–H and O–H groups in total. The molecule has 24 heavy (non-hydrogen) atoms. The second-order valence-corrected chi connectivity index (χ2v) is 11.3. The summed E-state index contributed by atoms with van der Waals surface area (Å²) in [7, 11) is 0. The fourth-order valence-electron chi connectivity index (χ4n) is 7.72. The van der Waals surface area contributed by atoms with Crippen molar-refractivity contribution >= 4 is 15.9 Å². The Morgan fingerprint density at radius 2 is 1.75 bits per heavy atom. The van der Waals surface area contributed by atoms with E-state index >= 15 is 0 Å². The van der Waals surface area contributed by atoms with Gasteiger partial charge in [0.15, 0.2) is 0 Å². The van der Waals surface area contributed by atoms with E-state index in [0.29, 0.717) is 23.7 Å². The molecule has 0 amide bonds. The van der Waals surface area contributed by atoms with Gasteiger partial charge in [-0.1, -0.05) is 29.8 Å². The van der Waals surface area contributed by atoms with Crippen LogP contribution in [-0.4, -0.2) is 38.5 Å². The predicted octanol–water partition coefficient (Wildman–Crippen LogP) is 3.49. The van der Waals surface area contributed by atoms with Gasteiger partial charge in [-0.2, -0.15) is 0 Å². The van der Waals surface area contributed by atoms with Crippen LogP contribution in [0.15, 0.2) is 0 Å². The molecule has 0 aromatic rings. The van der Waals surface area contributed by atoms with Crippen molar-refractivity contribution in [3.8, 4) is 0 Å². The standard InChI is InChI=1S/C20H33BrO3/c1-12-9-20(21)10-13(23)5-8-19(20,11-22)15-6-7-18(2)14(17(12)15)3-4-16(18)24/h12-17,22-24H,3-11H2,1-2H3/t12-,13+,14+,15+,16+,17+,18+,19+,20-/m1/s1. The van der Waals surface area contributed by atoms with Gasteiger partial charge in [0.2, 0.25) is 0 Å². The topological polar surface area (TPSA) is 60.7 Å². The average molecular weight is 401 g/mol. The molecule has 138 valence electrons. The Morgan fingerprint density at radius 3 is 2.46 bits per heavy atom. The van der Waals surface area contributed by atoms with Gasteiger partial charge in [-0.05, 0) is 80.5 Å². The molecule has 0 aliphatic heterocycles. The van der Waals surface area contributed by atoms with Crippen LogP contribution < -0.4 is 0 Å². The minimum Gasteiger partial charge on any atom is -0.396 e. The highest BCUT2D eigenvalue weighted by atomic mass is 79.9. The van der Waals surface area contributed by atoms with Gasteiger partial charge < -0.3 is 15.3 Å². The third-order valence-electron chi connectivity index (χ3n) is 8.95. The van der Waals surface area contributed by atoms with E-state index in [2.05, 4.69) is 29.8 Å². The van der Waals surface area contributed by atoms with E-state index in [1.54, 1.807) is 0 Å². The van der Waals surface area contributed by atoms with Gasteiger partial charge in [0.05, 0.1) is 18.8 Å². The van der Waals surface area contributed by atoms with E-state index in [1.165, 1.54) is 0 Å². The van der Waals surface area contributed by atoms with Crippen molar-refractivity contribution < 1.29 is 15.3 Å². The van der Waals surface area contributed by atoms with Gasteiger partial charge in [0, 0.05) is 9.74 Å². The Labute approximate surface area is 154 Å². The third kappa shape index (κ3) is 2.12. The zero-order valence-electron chi connectivity index (χ0n) is 15.0. The first kappa shape index (κ1) is 17.8. The molecule has 0 saturated heterocycles. The van der Waals surface area contributed by atoms with Crippen molar-refractivity contribution in [1.29, 1.82) is 0 Å². The van der Waals surface area contributed by atoms with Crippen molar-refractivity contribution in [2.75, 3.05) is 6.61 Å². The lowest BCUT2D eigenvalue weighted by atomic mass is 9.42. The van der Waals surface area contributed by atoms with Crippen LogP contribution in [0.5, 0.6) is 0 Å². The second-order valence-electron chi connectivity index (χ2n) is 9.79. The van der Waals surface area contributed by atoms with Gasteiger partial charge >= 0.3 is 0 Å². The van der Waals surface area contributed by atoms with Crippen molar-refractivity contribution in [1.82, 2.24) is 0 Å². The summed E-state index contributed by atoms with van der Waals surface area (Å²) in [6.07, 6.45) is 7.44. The molecule has 0 bridgehead atoms. The minimum absolute atomic E-state index is 0.0760. The monoisotopic (exact) mass is 400 g/mol. The zero-order chi connectivity index (χ0) is 17.3. The first-order valence-corrected chi connectivity index (χ1v) is 10.7. The van der Waals surface area contributed by atoms with Crippen molar-refractivity contribution in [2.45, 2.75) is 81.7 Å². The Kier molecular flexibility index (Phi) is 4.20. The number of alkyl halides is 1. The van der Waals surface area contributed by atoms with Crippen LogP contribution in [0.25, 0.3) is 0 Å². The molecule has 0 aromatic carbocycles. The van der Waals surface area contributed by atoms with E-state index < -0.39 is 0 Å². The minimum atomic E-state index is -0.241. The van der Waals surface area contributed by atoms with Crippen LogP contribution in [0.4, 0.5) is 0 Å². The molecule has 0 heterocycles. The van der Waals surface area contributed by atoms with Gasteiger partial charge in [0.1, 0.15) is 0 Å². The molecule has 4 saturated carbocycles. The summed E-state index contributed by atoms with van der Waals surface area (Å²) in [5.41, 5.74) is -0.0230. The molecule has 0 radical (unpaired) electrons. The Morgan fingerprint density at radius 1 is 1.00 bits per heavy atom. The SMILES string of the molecule is C[C@@H]1C[C@@]2(Br)C[C@@H](O)CC[C@]2(CO)[C@H]2CC[C@]3(C)[C@@H](O)CC[C@H]3[C@H]12. The van der Waals surface area contributed by atoms with E-state index in [4.69, 9.17) is 0 Å². The molecule has 0 unspecified atom stereocenters. The summed E-state index contributed by atoms with van der Waals surface area (Å²) >= 11 is 4.06. The molecule has 0 spiro atoms. The number of fused-ring (bicyclic) bond motifs is 5. The van der Waals surface area contributed by atoms with Gasteiger partial charge in [-0.15, -0.1) is 0 Å². The summed E-state index contributed by atoms with van der Waals surface area (Å²) < 4.78 is -0.127. The average Bonchev–Trinajstić information content (AvgIpc) is 2.82. The highest BCUT2D eigenvalue weighted by molar-refractivity contribution is 9.10. The predicted molar refractivity (Wildman–Crippen MR) is 97.9 cm³/mol. The zero-order valence-corrected chi connectivity index (χ0v) is 16.6. The summed E-state index contributed by atoms with van der Waals surface area (Å²) in [5.74, 6) is 2.29. The molecule has 0 aromatic heterocycles. The maximum Gasteiger partial charge on any atom is 0.0596 e. The Hall–Kier alpha value is 0.360. The number of aliphatic hydroxyl groups is 3. The molecule has 3 nitrogen and oxygen atoms in total. The maximum atomic E-state index is 10.6. The first-order valence-electron chi connectivity index (χ1n) is 9.93. The van der Waals surface area contributed by atoms with Crippen LogP contribution in [0.3, 0.4) is 0 Å². The van der Waals surface area contributed by atoms with Gasteiger partial charge in [0.25, 0.3) is 0 Å². The van der Waals surface area contributed by atoms with Crippen molar-refractivity contribution in [3.05, 3.63) is 0 Å². The lowest BCUT2D eigenvalue weighted by molar-refractivity contribution is -0.161. The summed E-state index contributed by atoms with van der Waals surface area (Å²) in [6, 6.07) is 0. The van der Waals surface area contributed by atoms with Crippen LogP contribution in [0.2, 0.25) is 0 Å². The van der Waals surface area contributed by atoms with E-state index in [1.807, 2.05) is 0 Å². The normalized spacial score (nSPS) is 60.2. The third-order valence-corrected chi connectivity index (χ3v) is 10.4. The molecular formula is C20H33BrO3. The second kappa shape index (κ2) is 5.68. The number of aliphatic hydroxyl groups excluding tert-OH is 3. The molecule has 9 atom stereocenters. The number of hydrogen-bond donors (Lipinski definition) is 3. The quantitative estimate of drug-likeness (QED) is 0.590. The molecule has 4 aliphatic carbocycles. The van der Waals surface area contributed by atoms with Gasteiger partial charge in [-0.3, -0.25) is 0 Å². The highest BCUT2D eigenvalue weighted by Gasteiger charge is 2.67.